The van der Waals surface area contributed by atoms with Gasteiger partial charge >= 0.3 is 5.97 Å². The van der Waals surface area contributed by atoms with Crippen molar-refractivity contribution in [3.8, 4) is 0 Å². The van der Waals surface area contributed by atoms with Crippen LogP contribution in [0.1, 0.15) is 23.3 Å². The minimum absolute atomic E-state index is 0.149. The van der Waals surface area contributed by atoms with Gasteiger partial charge in [-0.1, -0.05) is 23.2 Å². The second-order valence-electron chi connectivity index (χ2n) is 4.85. The van der Waals surface area contributed by atoms with Crippen molar-refractivity contribution in [2.24, 2.45) is 0 Å². The van der Waals surface area contributed by atoms with Crippen LogP contribution in [0.2, 0.25) is 10.0 Å². The molecular weight excluding hydrogens is 303 g/mol. The van der Waals surface area contributed by atoms with Crippen LogP contribution in [0.4, 0.5) is 0 Å². The first-order valence-corrected chi connectivity index (χ1v) is 6.71. The Kier molecular flexibility index (Phi) is 2.92. The van der Waals surface area contributed by atoms with E-state index in [1.54, 1.807) is 18.2 Å². The predicted molar refractivity (Wildman–Crippen MR) is 75.4 cm³/mol. The molecule has 1 aromatic heterocycles. The standard InChI is InChI=1S/C13H10Cl2N2O3/c14-6-1-2-8-7(5-6)9(15)10(16-8)11(18)17-13(3-4-13)12(19)20/h1-2,5,16H,3-4H2,(H,17,18)(H,19,20). The van der Waals surface area contributed by atoms with Crippen LogP contribution in [-0.2, 0) is 4.79 Å². The molecule has 0 bridgehead atoms. The van der Waals surface area contributed by atoms with E-state index in [1.165, 1.54) is 0 Å². The minimum atomic E-state index is -1.14. The van der Waals surface area contributed by atoms with Gasteiger partial charge in [0, 0.05) is 15.9 Å². The van der Waals surface area contributed by atoms with Crippen LogP contribution in [-0.4, -0.2) is 27.5 Å². The highest BCUT2D eigenvalue weighted by atomic mass is 35.5. The first-order chi connectivity index (χ1) is 9.43. The molecule has 104 valence electrons. The number of hydrogen-bond acceptors (Lipinski definition) is 2. The van der Waals surface area contributed by atoms with Crippen LogP contribution in [0.25, 0.3) is 10.9 Å². The third-order valence-electron chi connectivity index (χ3n) is 3.44. The second-order valence-corrected chi connectivity index (χ2v) is 5.66. The molecule has 0 saturated heterocycles. The van der Waals surface area contributed by atoms with Gasteiger partial charge in [-0.25, -0.2) is 4.79 Å². The van der Waals surface area contributed by atoms with Crippen molar-refractivity contribution in [3.05, 3.63) is 33.9 Å². The summed E-state index contributed by atoms with van der Waals surface area (Å²) in [6.45, 7) is 0. The molecule has 3 N–H and O–H groups in total. The quantitative estimate of drug-likeness (QED) is 0.815. The summed E-state index contributed by atoms with van der Waals surface area (Å²) in [6.07, 6.45) is 0.857. The monoisotopic (exact) mass is 312 g/mol. The van der Waals surface area contributed by atoms with Crippen LogP contribution in [0, 0.1) is 0 Å². The molecular formula is C13H10Cl2N2O3. The summed E-state index contributed by atoms with van der Waals surface area (Å²) in [5, 5.41) is 13.0. The number of H-pyrrole nitrogens is 1. The zero-order valence-corrected chi connectivity index (χ0v) is 11.7. The lowest BCUT2D eigenvalue weighted by molar-refractivity contribution is -0.140. The Labute approximate surface area is 123 Å². The molecule has 1 aromatic carbocycles. The SMILES string of the molecule is O=C(NC1(C(=O)O)CC1)c1[nH]c2ccc(Cl)cc2c1Cl. The fraction of sp³-hybridized carbons (Fsp3) is 0.231. The van der Waals surface area contributed by atoms with Gasteiger partial charge < -0.3 is 15.4 Å². The van der Waals surface area contributed by atoms with Crippen LogP contribution in [0.3, 0.4) is 0 Å². The van der Waals surface area contributed by atoms with Crippen molar-refractivity contribution in [2.75, 3.05) is 0 Å². The first-order valence-electron chi connectivity index (χ1n) is 5.95. The third-order valence-corrected chi connectivity index (χ3v) is 4.06. The molecule has 0 radical (unpaired) electrons. The van der Waals surface area contributed by atoms with Crippen molar-refractivity contribution >= 4 is 46.0 Å². The Balaban J connectivity index is 1.96. The number of aliphatic carboxylic acids is 1. The molecule has 20 heavy (non-hydrogen) atoms. The number of amides is 1. The number of benzene rings is 1. The number of carbonyl (C=O) groups excluding carboxylic acids is 1. The van der Waals surface area contributed by atoms with Gasteiger partial charge in [0.15, 0.2) is 0 Å². The van der Waals surface area contributed by atoms with Gasteiger partial charge in [-0.3, -0.25) is 4.79 Å². The molecule has 1 amide bonds. The van der Waals surface area contributed by atoms with E-state index in [0.29, 0.717) is 28.8 Å². The zero-order chi connectivity index (χ0) is 14.5. The van der Waals surface area contributed by atoms with Gasteiger partial charge in [-0.2, -0.15) is 0 Å². The average Bonchev–Trinajstić information content (AvgIpc) is 3.10. The molecule has 0 atom stereocenters. The molecule has 2 aromatic rings. The molecule has 0 unspecified atom stereocenters. The van der Waals surface area contributed by atoms with Crippen molar-refractivity contribution in [1.29, 1.82) is 0 Å². The van der Waals surface area contributed by atoms with Gasteiger partial charge in [0.05, 0.1) is 5.02 Å². The number of rotatable bonds is 3. The van der Waals surface area contributed by atoms with E-state index in [0.717, 1.165) is 0 Å². The molecule has 0 spiro atoms. The Morgan fingerprint density at radius 1 is 1.30 bits per heavy atom. The van der Waals surface area contributed by atoms with Gasteiger partial charge in [-0.15, -0.1) is 0 Å². The number of nitrogens with one attached hydrogen (secondary N) is 2. The average molecular weight is 313 g/mol. The summed E-state index contributed by atoms with van der Waals surface area (Å²) in [6, 6.07) is 5.04. The van der Waals surface area contributed by atoms with Crippen molar-refractivity contribution in [1.82, 2.24) is 10.3 Å². The van der Waals surface area contributed by atoms with Gasteiger partial charge in [0.2, 0.25) is 0 Å². The van der Waals surface area contributed by atoms with Crippen molar-refractivity contribution < 1.29 is 14.7 Å². The Morgan fingerprint density at radius 3 is 2.60 bits per heavy atom. The number of carboxylic acid groups (broad SMARTS) is 1. The van der Waals surface area contributed by atoms with E-state index in [1.807, 2.05) is 0 Å². The number of aromatic amines is 1. The largest absolute Gasteiger partial charge is 0.480 e. The van der Waals surface area contributed by atoms with Crippen molar-refractivity contribution in [3.63, 3.8) is 0 Å². The van der Waals surface area contributed by atoms with Crippen LogP contribution < -0.4 is 5.32 Å². The Bertz CT molecular complexity index is 735. The summed E-state index contributed by atoms with van der Waals surface area (Å²) < 4.78 is 0. The lowest BCUT2D eigenvalue weighted by atomic mass is 10.2. The lowest BCUT2D eigenvalue weighted by Gasteiger charge is -2.11. The number of halogens is 2. The van der Waals surface area contributed by atoms with E-state index >= 15 is 0 Å². The van der Waals surface area contributed by atoms with E-state index in [-0.39, 0.29) is 10.7 Å². The molecule has 5 nitrogen and oxygen atoms in total. The van der Waals surface area contributed by atoms with E-state index in [2.05, 4.69) is 10.3 Å². The maximum Gasteiger partial charge on any atom is 0.329 e. The zero-order valence-electron chi connectivity index (χ0n) is 10.2. The van der Waals surface area contributed by atoms with Crippen LogP contribution in [0.15, 0.2) is 18.2 Å². The molecule has 1 aliphatic rings. The predicted octanol–water partition coefficient (Wildman–Crippen LogP) is 2.82. The topological polar surface area (TPSA) is 82.2 Å². The molecule has 1 fully saturated rings. The molecule has 0 aliphatic heterocycles. The summed E-state index contributed by atoms with van der Waals surface area (Å²) in [5.74, 6) is -1.55. The third kappa shape index (κ3) is 2.03. The first kappa shape index (κ1) is 13.3. The van der Waals surface area contributed by atoms with Gasteiger partial charge in [0.25, 0.3) is 5.91 Å². The minimum Gasteiger partial charge on any atom is -0.480 e. The normalized spacial score (nSPS) is 16.1. The summed E-state index contributed by atoms with van der Waals surface area (Å²) in [7, 11) is 0. The summed E-state index contributed by atoms with van der Waals surface area (Å²) in [5.41, 5.74) is -0.323. The van der Waals surface area contributed by atoms with Crippen LogP contribution in [0.5, 0.6) is 0 Å². The number of carboxylic acids is 1. The summed E-state index contributed by atoms with van der Waals surface area (Å²) >= 11 is 12.0. The van der Waals surface area contributed by atoms with Crippen LogP contribution >= 0.6 is 23.2 Å². The number of aromatic nitrogens is 1. The van der Waals surface area contributed by atoms with E-state index in [9.17, 15) is 9.59 Å². The Morgan fingerprint density at radius 2 is 2.00 bits per heavy atom. The maximum atomic E-state index is 12.2. The highest BCUT2D eigenvalue weighted by Gasteiger charge is 2.52. The fourth-order valence-electron chi connectivity index (χ4n) is 2.08. The molecule has 7 heteroatoms. The van der Waals surface area contributed by atoms with Crippen molar-refractivity contribution in [2.45, 2.75) is 18.4 Å². The molecule has 1 heterocycles. The Hall–Kier alpha value is -1.72. The second kappa shape index (κ2) is 4.40. The number of carbonyl (C=O) groups is 2. The number of fused-ring (bicyclic) bond motifs is 1. The van der Waals surface area contributed by atoms with E-state index < -0.39 is 17.4 Å². The fourth-order valence-corrected chi connectivity index (χ4v) is 2.55. The van der Waals surface area contributed by atoms with E-state index in [4.69, 9.17) is 28.3 Å². The summed E-state index contributed by atoms with van der Waals surface area (Å²) in [4.78, 5) is 26.1. The molecule has 1 saturated carbocycles. The molecule has 1 aliphatic carbocycles. The number of hydrogen-bond donors (Lipinski definition) is 3. The highest BCUT2D eigenvalue weighted by Crippen LogP contribution is 2.37. The lowest BCUT2D eigenvalue weighted by Crippen LogP contribution is -2.43. The maximum absolute atomic E-state index is 12.2. The smallest absolute Gasteiger partial charge is 0.329 e. The molecule has 3 rings (SSSR count). The van der Waals surface area contributed by atoms with Gasteiger partial charge in [0.1, 0.15) is 11.2 Å². The van der Waals surface area contributed by atoms with Gasteiger partial charge in [-0.05, 0) is 31.0 Å². The highest BCUT2D eigenvalue weighted by molar-refractivity contribution is 6.39.